The summed E-state index contributed by atoms with van der Waals surface area (Å²) >= 11 is 0. The van der Waals surface area contributed by atoms with Gasteiger partial charge in [-0.05, 0) is 176 Å². The van der Waals surface area contributed by atoms with Crippen molar-refractivity contribution in [3.8, 4) is 33.4 Å². The van der Waals surface area contributed by atoms with Crippen LogP contribution in [0.1, 0.15) is 35.4 Å². The first-order chi connectivity index (χ1) is 35.6. The number of rotatable bonds is 6. The second kappa shape index (κ2) is 15.5. The van der Waals surface area contributed by atoms with Gasteiger partial charge in [0.15, 0.2) is 0 Å². The number of hydrogen-bond acceptors (Lipinski definition) is 0. The van der Waals surface area contributed by atoms with Crippen molar-refractivity contribution in [1.29, 1.82) is 0 Å². The molecule has 0 saturated carbocycles. The second-order valence-electron chi connectivity index (χ2n) is 21.0. The van der Waals surface area contributed by atoms with E-state index < -0.39 is 0 Å². The lowest BCUT2D eigenvalue weighted by Gasteiger charge is -2.38. The molecule has 0 radical (unpaired) electrons. The van der Waals surface area contributed by atoms with E-state index in [0.717, 1.165) is 12.8 Å². The topological polar surface area (TPSA) is 0 Å². The zero-order chi connectivity index (χ0) is 47.0. The van der Waals surface area contributed by atoms with Crippen LogP contribution >= 0.6 is 0 Å². The highest BCUT2D eigenvalue weighted by atomic mass is 14.4. The van der Waals surface area contributed by atoms with Crippen LogP contribution in [-0.2, 0) is 0 Å². The smallest absolute Gasteiger partial charge is 0.0354 e. The number of hydrogen-bond donors (Lipinski definition) is 0. The molecule has 0 heterocycles. The van der Waals surface area contributed by atoms with Gasteiger partial charge in [-0.3, -0.25) is 0 Å². The minimum atomic E-state index is 0.210. The lowest BCUT2D eigenvalue weighted by Crippen LogP contribution is -2.23. The summed E-state index contributed by atoms with van der Waals surface area (Å²) in [6.07, 6.45) is 60.1. The van der Waals surface area contributed by atoms with E-state index in [9.17, 15) is 0 Å². The Morgan fingerprint density at radius 3 is 1.60 bits per heavy atom. The van der Waals surface area contributed by atoms with Crippen LogP contribution in [0.4, 0.5) is 0 Å². The summed E-state index contributed by atoms with van der Waals surface area (Å²) in [6, 6.07) is 35.3. The Morgan fingerprint density at radius 1 is 0.347 bits per heavy atom. The maximum Gasteiger partial charge on any atom is 0.0354 e. The maximum absolute atomic E-state index is 2.44. The van der Waals surface area contributed by atoms with Crippen molar-refractivity contribution in [2.75, 3.05) is 0 Å². The Morgan fingerprint density at radius 2 is 0.889 bits per heavy atom. The molecule has 4 unspecified atom stereocenters. The van der Waals surface area contributed by atoms with Gasteiger partial charge in [-0.2, -0.15) is 0 Å². The van der Waals surface area contributed by atoms with Gasteiger partial charge in [-0.1, -0.05) is 225 Å². The lowest BCUT2D eigenvalue weighted by atomic mass is 9.66. The zero-order valence-electron chi connectivity index (χ0n) is 39.8. The quantitative estimate of drug-likeness (QED) is 0.181. The first-order valence-corrected chi connectivity index (χ1v) is 25.9. The van der Waals surface area contributed by atoms with Crippen LogP contribution in [0.15, 0.2) is 326 Å². The van der Waals surface area contributed by atoms with Gasteiger partial charge >= 0.3 is 0 Å². The molecule has 0 nitrogen and oxygen atoms in total. The van der Waals surface area contributed by atoms with Crippen LogP contribution in [-0.4, -0.2) is 0 Å². The molecule has 4 aromatic rings. The highest BCUT2D eigenvalue weighted by Crippen LogP contribution is 2.53. The van der Waals surface area contributed by atoms with E-state index in [4.69, 9.17) is 0 Å². The van der Waals surface area contributed by atoms with Gasteiger partial charge in [0.1, 0.15) is 0 Å². The van der Waals surface area contributed by atoms with Crippen LogP contribution in [0.5, 0.6) is 0 Å². The molecular weight excluding hydrogens is 865 g/mol. The molecule has 12 aliphatic rings. The van der Waals surface area contributed by atoms with Crippen molar-refractivity contribution in [2.45, 2.75) is 18.8 Å². The van der Waals surface area contributed by atoms with Crippen molar-refractivity contribution in [3.05, 3.63) is 343 Å². The second-order valence-corrected chi connectivity index (χ2v) is 21.0. The van der Waals surface area contributed by atoms with E-state index in [1.807, 2.05) is 0 Å². The molecule has 0 aromatic heterocycles. The Bertz CT molecular complexity index is 3940. The van der Waals surface area contributed by atoms with Gasteiger partial charge < -0.3 is 0 Å². The zero-order valence-corrected chi connectivity index (χ0v) is 39.8. The number of allylic oxidation sites excluding steroid dienone is 42. The van der Waals surface area contributed by atoms with E-state index >= 15 is 0 Å². The van der Waals surface area contributed by atoms with Gasteiger partial charge in [-0.15, -0.1) is 0 Å². The summed E-state index contributed by atoms with van der Waals surface area (Å²) < 4.78 is 0. The third-order valence-corrected chi connectivity index (χ3v) is 17.3. The van der Waals surface area contributed by atoms with Crippen molar-refractivity contribution in [1.82, 2.24) is 0 Å². The third-order valence-electron chi connectivity index (χ3n) is 17.3. The van der Waals surface area contributed by atoms with E-state index in [0.29, 0.717) is 17.8 Å². The highest BCUT2D eigenvalue weighted by molar-refractivity contribution is 5.91. The Hall–Kier alpha value is -8.58. The monoisotopic (exact) mass is 912 g/mol. The van der Waals surface area contributed by atoms with Crippen LogP contribution in [0.3, 0.4) is 0 Å². The molecule has 16 rings (SSSR count). The van der Waals surface area contributed by atoms with E-state index in [1.165, 1.54) is 145 Å². The molecule has 0 saturated heterocycles. The van der Waals surface area contributed by atoms with Crippen molar-refractivity contribution >= 4 is 11.1 Å². The molecule has 0 N–H and O–H groups in total. The molecule has 0 heteroatoms. The molecule has 0 spiro atoms. The third kappa shape index (κ3) is 6.06. The predicted molar refractivity (Wildman–Crippen MR) is 299 cm³/mol. The van der Waals surface area contributed by atoms with Crippen molar-refractivity contribution < 1.29 is 0 Å². The Labute approximate surface area is 422 Å². The van der Waals surface area contributed by atoms with Crippen LogP contribution < -0.4 is 0 Å². The van der Waals surface area contributed by atoms with Gasteiger partial charge in [0.25, 0.3) is 0 Å². The summed E-state index contributed by atoms with van der Waals surface area (Å²) in [5, 5.41) is 0. The van der Waals surface area contributed by atoms with E-state index in [1.54, 1.807) is 0 Å². The summed E-state index contributed by atoms with van der Waals surface area (Å²) in [6.45, 7) is 0. The Kier molecular flexibility index (Phi) is 8.63. The first-order valence-electron chi connectivity index (χ1n) is 25.9. The van der Waals surface area contributed by atoms with Crippen LogP contribution in [0.25, 0.3) is 44.5 Å². The van der Waals surface area contributed by atoms with Crippen LogP contribution in [0, 0.1) is 17.8 Å². The van der Waals surface area contributed by atoms with Crippen molar-refractivity contribution in [2.24, 2.45) is 17.8 Å². The normalized spacial score (nSPS) is 24.6. The molecule has 72 heavy (non-hydrogen) atoms. The predicted octanol–water partition coefficient (Wildman–Crippen LogP) is 17.5. The maximum atomic E-state index is 2.44. The summed E-state index contributed by atoms with van der Waals surface area (Å²) in [5.41, 5.74) is 35.1. The van der Waals surface area contributed by atoms with Gasteiger partial charge in [0, 0.05) is 23.7 Å². The molecule has 12 aliphatic carbocycles. The summed E-state index contributed by atoms with van der Waals surface area (Å²) in [7, 11) is 0. The SMILES string of the molecule is C1=CC2=CC=C3C4=C(C=CC(=C1)C24)C=CC3c1ccc(-c2cc(-c3ccc(C4=CCC5=CC=C6C=CC=C7C=CC4=C5C76)cc3)cc(-c3ccc(C4=C5C=CC6=C7C(=CC=C(C=C4)C57)CC=C6)cc3)c2)cc1. The molecule has 4 aromatic carbocycles. The molecule has 0 amide bonds. The molecular formula is C72H48. The van der Waals surface area contributed by atoms with Crippen LogP contribution in [0.2, 0.25) is 0 Å². The Balaban J connectivity index is 0.758. The fraction of sp³-hybridized carbons (Fsp3) is 0.0833. The van der Waals surface area contributed by atoms with Gasteiger partial charge in [0.2, 0.25) is 0 Å². The largest absolute Gasteiger partial charge is 0.0795 e. The molecule has 0 fully saturated rings. The van der Waals surface area contributed by atoms with Crippen molar-refractivity contribution in [3.63, 3.8) is 0 Å². The fourth-order valence-electron chi connectivity index (χ4n) is 13.8. The standard InChI is InChI=1S/C72H48/c1-4-49-22-25-55-28-34-61(64-37-31-52(7-1)67(49)70(55)64)46-16-10-43(11-17-46)58-40-59(44-12-18-47(19-13-44)62-35-29-56-26-23-50-5-2-8-53-32-38-65(62)71(56)68(50)53)42-60(41-58)45-14-20-48(21-15-45)63-36-30-57-27-24-51-6-3-9-54-33-39-66(63)72(57)69(51)54/h1-5,7-28,30-42,61,67-68,72H,6,29H2. The average Bonchev–Trinajstić information content (AvgIpc) is 3.45. The number of benzene rings is 4. The van der Waals surface area contributed by atoms with Gasteiger partial charge in [0.05, 0.1) is 0 Å². The summed E-state index contributed by atoms with van der Waals surface area (Å²) in [5.74, 6) is 1.19. The minimum absolute atomic E-state index is 0.210. The molecule has 0 aliphatic heterocycles. The average molecular weight is 913 g/mol. The lowest BCUT2D eigenvalue weighted by molar-refractivity contribution is 0.803. The summed E-state index contributed by atoms with van der Waals surface area (Å²) in [4.78, 5) is 0. The van der Waals surface area contributed by atoms with E-state index in [2.05, 4.69) is 243 Å². The van der Waals surface area contributed by atoms with Gasteiger partial charge in [-0.25, -0.2) is 0 Å². The highest BCUT2D eigenvalue weighted by Gasteiger charge is 2.38. The molecule has 336 valence electrons. The first kappa shape index (κ1) is 40.2. The molecule has 4 atom stereocenters. The molecule has 0 bridgehead atoms. The van der Waals surface area contributed by atoms with E-state index in [-0.39, 0.29) is 5.92 Å². The fourth-order valence-corrected chi connectivity index (χ4v) is 13.8. The minimum Gasteiger partial charge on any atom is -0.0795 e.